The summed E-state index contributed by atoms with van der Waals surface area (Å²) in [6.07, 6.45) is 4.70. The molecule has 9 nitrogen and oxygen atoms in total. The molecule has 31 heavy (non-hydrogen) atoms. The van der Waals surface area contributed by atoms with Gasteiger partial charge in [0.2, 0.25) is 12.7 Å². The van der Waals surface area contributed by atoms with Crippen molar-refractivity contribution in [2.45, 2.75) is 25.8 Å². The van der Waals surface area contributed by atoms with Crippen LogP contribution in [0.2, 0.25) is 0 Å². The number of nitrogens with zero attached hydrogens (tertiary/aromatic N) is 2. The molecule has 0 atom stereocenters. The van der Waals surface area contributed by atoms with Crippen molar-refractivity contribution in [3.8, 4) is 11.5 Å². The molecular formula is C22H24N4O5. The molecule has 1 aromatic carbocycles. The third kappa shape index (κ3) is 5.00. The summed E-state index contributed by atoms with van der Waals surface area (Å²) in [6.45, 7) is 3.12. The molecule has 2 N–H and O–H groups in total. The highest BCUT2D eigenvalue weighted by Crippen LogP contribution is 2.37. The van der Waals surface area contributed by atoms with E-state index in [0.29, 0.717) is 41.4 Å². The van der Waals surface area contributed by atoms with Crippen LogP contribution >= 0.6 is 0 Å². The van der Waals surface area contributed by atoms with E-state index in [-0.39, 0.29) is 37.0 Å². The first-order valence-corrected chi connectivity index (χ1v) is 10.2. The maximum atomic E-state index is 12.6. The Kier molecular flexibility index (Phi) is 6.13. The van der Waals surface area contributed by atoms with Gasteiger partial charge in [0, 0.05) is 48.7 Å². The molecule has 3 heterocycles. The molecule has 0 bridgehead atoms. The third-order valence-electron chi connectivity index (χ3n) is 5.40. The van der Waals surface area contributed by atoms with Gasteiger partial charge < -0.3 is 20.1 Å². The Hall–Kier alpha value is -3.46. The standard InChI is InChI=1S/C22H24N4O5/c1-14(27)17-10-19-20(31-13-30-19)11-18(17)25-21(28)12-26-8-4-16(5-9-26)24-22(29)15-2-6-23-7-3-15/h2-3,6-7,10-11,16H,4-5,8-9,12-13H2,1H3,(H,24,29)(H,25,28). The van der Waals surface area contributed by atoms with Crippen molar-refractivity contribution in [1.29, 1.82) is 0 Å². The lowest BCUT2D eigenvalue weighted by molar-refractivity contribution is -0.117. The van der Waals surface area contributed by atoms with Crippen LogP contribution in [-0.4, -0.2) is 60.0 Å². The van der Waals surface area contributed by atoms with E-state index in [0.717, 1.165) is 12.8 Å². The number of ketones is 1. The Balaban J connectivity index is 1.29. The quantitative estimate of drug-likeness (QED) is 0.681. The van der Waals surface area contributed by atoms with Crippen LogP contribution in [0, 0.1) is 0 Å². The first-order valence-electron chi connectivity index (χ1n) is 10.2. The first-order chi connectivity index (χ1) is 15.0. The van der Waals surface area contributed by atoms with Gasteiger partial charge in [0.05, 0.1) is 12.2 Å². The van der Waals surface area contributed by atoms with Gasteiger partial charge in [0.25, 0.3) is 5.91 Å². The lowest BCUT2D eigenvalue weighted by Gasteiger charge is -2.31. The highest BCUT2D eigenvalue weighted by molar-refractivity contribution is 6.05. The lowest BCUT2D eigenvalue weighted by atomic mass is 10.0. The van der Waals surface area contributed by atoms with Gasteiger partial charge in [-0.2, -0.15) is 0 Å². The number of pyridine rings is 1. The molecule has 0 unspecified atom stereocenters. The summed E-state index contributed by atoms with van der Waals surface area (Å²) in [7, 11) is 0. The molecule has 1 fully saturated rings. The van der Waals surface area contributed by atoms with E-state index in [1.165, 1.54) is 6.92 Å². The summed E-state index contributed by atoms with van der Waals surface area (Å²) in [4.78, 5) is 42.8. The predicted molar refractivity (Wildman–Crippen MR) is 112 cm³/mol. The largest absolute Gasteiger partial charge is 0.454 e. The van der Waals surface area contributed by atoms with Crippen molar-refractivity contribution >= 4 is 23.3 Å². The van der Waals surface area contributed by atoms with Gasteiger partial charge in [-0.05, 0) is 38.0 Å². The van der Waals surface area contributed by atoms with Crippen molar-refractivity contribution in [2.24, 2.45) is 0 Å². The number of piperidine rings is 1. The molecule has 0 aliphatic carbocycles. The van der Waals surface area contributed by atoms with Crippen LogP contribution in [0.25, 0.3) is 0 Å². The van der Waals surface area contributed by atoms with Crippen molar-refractivity contribution in [2.75, 3.05) is 31.7 Å². The number of rotatable bonds is 6. The molecule has 9 heteroatoms. The Labute approximate surface area is 179 Å². The van der Waals surface area contributed by atoms with Gasteiger partial charge in [0.15, 0.2) is 17.3 Å². The molecule has 4 rings (SSSR count). The number of hydrogen-bond acceptors (Lipinski definition) is 7. The van der Waals surface area contributed by atoms with Gasteiger partial charge in [0.1, 0.15) is 0 Å². The minimum absolute atomic E-state index is 0.0677. The monoisotopic (exact) mass is 424 g/mol. The van der Waals surface area contributed by atoms with E-state index in [1.54, 1.807) is 36.7 Å². The van der Waals surface area contributed by atoms with E-state index in [1.807, 2.05) is 4.90 Å². The van der Waals surface area contributed by atoms with E-state index in [9.17, 15) is 14.4 Å². The molecule has 2 aliphatic heterocycles. The number of carbonyl (C=O) groups is 3. The predicted octanol–water partition coefficient (Wildman–Crippen LogP) is 1.85. The third-order valence-corrected chi connectivity index (χ3v) is 5.40. The fraction of sp³-hybridized carbons (Fsp3) is 0.364. The Bertz CT molecular complexity index is 987. The average molecular weight is 424 g/mol. The lowest BCUT2D eigenvalue weighted by Crippen LogP contribution is -2.46. The zero-order valence-corrected chi connectivity index (χ0v) is 17.2. The number of ether oxygens (including phenoxy) is 2. The maximum absolute atomic E-state index is 12.6. The topological polar surface area (TPSA) is 110 Å². The first kappa shape index (κ1) is 20.8. The summed E-state index contributed by atoms with van der Waals surface area (Å²) < 4.78 is 10.7. The summed E-state index contributed by atoms with van der Waals surface area (Å²) in [5, 5.41) is 5.86. The number of fused-ring (bicyclic) bond motifs is 1. The van der Waals surface area contributed by atoms with Crippen molar-refractivity contribution in [3.63, 3.8) is 0 Å². The van der Waals surface area contributed by atoms with Crippen LogP contribution in [0.15, 0.2) is 36.7 Å². The van der Waals surface area contributed by atoms with Gasteiger partial charge >= 0.3 is 0 Å². The maximum Gasteiger partial charge on any atom is 0.251 e. The summed E-state index contributed by atoms with van der Waals surface area (Å²) in [5.41, 5.74) is 1.39. The van der Waals surface area contributed by atoms with E-state index in [2.05, 4.69) is 15.6 Å². The molecule has 162 valence electrons. The van der Waals surface area contributed by atoms with Crippen LogP contribution in [0.4, 0.5) is 5.69 Å². The number of Topliss-reactive ketones (excluding diaryl/α,β-unsaturated/α-hetero) is 1. The minimum Gasteiger partial charge on any atom is -0.454 e. The zero-order chi connectivity index (χ0) is 21.8. The fourth-order valence-electron chi connectivity index (χ4n) is 3.74. The second-order valence-corrected chi connectivity index (χ2v) is 7.62. The normalized spacial score (nSPS) is 16.0. The van der Waals surface area contributed by atoms with Crippen molar-refractivity contribution < 1.29 is 23.9 Å². The van der Waals surface area contributed by atoms with Crippen LogP contribution < -0.4 is 20.1 Å². The van der Waals surface area contributed by atoms with Crippen LogP contribution in [0.1, 0.15) is 40.5 Å². The van der Waals surface area contributed by atoms with Crippen LogP contribution in [0.3, 0.4) is 0 Å². The molecule has 2 aliphatic rings. The SMILES string of the molecule is CC(=O)c1cc2c(cc1NC(=O)CN1CCC(NC(=O)c3ccncc3)CC1)OCO2. The van der Waals surface area contributed by atoms with Gasteiger partial charge in [-0.15, -0.1) is 0 Å². The van der Waals surface area contributed by atoms with Gasteiger partial charge in [-0.3, -0.25) is 24.3 Å². The van der Waals surface area contributed by atoms with E-state index >= 15 is 0 Å². The summed E-state index contributed by atoms with van der Waals surface area (Å²) in [6, 6.07) is 6.65. The summed E-state index contributed by atoms with van der Waals surface area (Å²) >= 11 is 0. The zero-order valence-electron chi connectivity index (χ0n) is 17.2. The smallest absolute Gasteiger partial charge is 0.251 e. The second kappa shape index (κ2) is 9.13. The van der Waals surface area contributed by atoms with Gasteiger partial charge in [-0.25, -0.2) is 0 Å². The fourth-order valence-corrected chi connectivity index (χ4v) is 3.74. The van der Waals surface area contributed by atoms with Crippen LogP contribution in [-0.2, 0) is 4.79 Å². The number of carbonyl (C=O) groups excluding carboxylic acids is 3. The van der Waals surface area contributed by atoms with Crippen molar-refractivity contribution in [3.05, 3.63) is 47.8 Å². The molecule has 1 saturated heterocycles. The Morgan fingerprint density at radius 2 is 1.77 bits per heavy atom. The average Bonchev–Trinajstić information content (AvgIpc) is 3.22. The number of hydrogen-bond donors (Lipinski definition) is 2. The number of aromatic nitrogens is 1. The number of anilines is 1. The number of amides is 2. The number of benzene rings is 1. The number of nitrogens with one attached hydrogen (secondary N) is 2. The summed E-state index contributed by atoms with van der Waals surface area (Å²) in [5.74, 6) is 0.517. The number of likely N-dealkylation sites (tertiary alicyclic amines) is 1. The van der Waals surface area contributed by atoms with E-state index < -0.39 is 0 Å². The van der Waals surface area contributed by atoms with Gasteiger partial charge in [-0.1, -0.05) is 0 Å². The molecular weight excluding hydrogens is 400 g/mol. The molecule has 0 saturated carbocycles. The van der Waals surface area contributed by atoms with E-state index in [4.69, 9.17) is 9.47 Å². The highest BCUT2D eigenvalue weighted by Gasteiger charge is 2.24. The molecule has 2 amide bonds. The molecule has 2 aromatic rings. The second-order valence-electron chi connectivity index (χ2n) is 7.62. The molecule has 1 aromatic heterocycles. The van der Waals surface area contributed by atoms with Crippen molar-refractivity contribution in [1.82, 2.24) is 15.2 Å². The molecule has 0 radical (unpaired) electrons. The van der Waals surface area contributed by atoms with Crippen LogP contribution in [0.5, 0.6) is 11.5 Å². The minimum atomic E-state index is -0.208. The molecule has 0 spiro atoms. The highest BCUT2D eigenvalue weighted by atomic mass is 16.7. The Morgan fingerprint density at radius 1 is 1.10 bits per heavy atom. The Morgan fingerprint density at radius 3 is 2.45 bits per heavy atom.